The van der Waals surface area contributed by atoms with Gasteiger partial charge in [0.25, 0.3) is 0 Å². The molecular weight excluding hydrogens is 2020 g/mol. The van der Waals surface area contributed by atoms with Crippen molar-refractivity contribution in [3.63, 3.8) is 0 Å². The minimum absolute atomic E-state index is 0.0338. The van der Waals surface area contributed by atoms with E-state index in [4.69, 9.17) is 97.3 Å². The second-order valence-corrected chi connectivity index (χ2v) is 89.0. The van der Waals surface area contributed by atoms with Crippen LogP contribution in [0.15, 0.2) is 0 Å². The molecule has 0 saturated carbocycles. The number of aliphatic hydroxyl groups excluding tert-OH is 14. The standard InChI is InChI=1S/C105H210O35Si7/c1-50(2)141(51(3)4,52(5)6)120-43-71-92-78(106)85(113)99(127-71)135-93-72(44-121-142(53(7)8,54(9)10)55(11)12)129-101(87(115)80(93)108)137-95-74(46-123-144(59(19)20,60(21)22)61(23)24)131-103(89(117)82(95)110)139-97-76(48-125-146(65(31)32,66(33)34)67(35)36)133-105(91(119)84(97)112)140-98-77(49-126-147(68(37)38,69(39)40)70(41)42)132-104(90(118)83(98)111)138-96-75(47-124-145(62(25)26,63(27)28)64(29)30)130-102(88(116)81(96)109)136-94-73(128-100(134-92)86(114)79(94)107)45-122-143(56(13)14,57(15)16)58(17)18/h50-119H,43-49H2,1-42H3. The second kappa shape index (κ2) is 54.3. The van der Waals surface area contributed by atoms with Gasteiger partial charge in [-0.1, -0.05) is 291 Å². The summed E-state index contributed by atoms with van der Waals surface area (Å²) in [6, 6.07) is 0. The summed E-state index contributed by atoms with van der Waals surface area (Å²) in [7, 11) is -20.9. The van der Waals surface area contributed by atoms with Crippen molar-refractivity contribution in [3.8, 4) is 0 Å². The maximum atomic E-state index is 13.3. The van der Waals surface area contributed by atoms with Gasteiger partial charge in [0.1, 0.15) is 171 Å². The first kappa shape index (κ1) is 132. The Bertz CT molecular complexity index is 3040. The highest BCUT2D eigenvalue weighted by Gasteiger charge is 2.65. The summed E-state index contributed by atoms with van der Waals surface area (Å²) in [6.45, 7) is 85.1. The summed E-state index contributed by atoms with van der Waals surface area (Å²) >= 11 is 0. The Morgan fingerprint density at radius 1 is 0.129 bits per heavy atom. The summed E-state index contributed by atoms with van der Waals surface area (Å²) in [6.07, 6.45) is -65.8. The van der Waals surface area contributed by atoms with Gasteiger partial charge in [0.05, 0.1) is 46.2 Å². The number of hydrogen-bond acceptors (Lipinski definition) is 35. The predicted molar refractivity (Wildman–Crippen MR) is 578 cm³/mol. The van der Waals surface area contributed by atoms with Gasteiger partial charge in [0.15, 0.2) is 102 Å². The van der Waals surface area contributed by atoms with Crippen LogP contribution in [0.3, 0.4) is 0 Å². The first-order chi connectivity index (χ1) is 68.0. The lowest BCUT2D eigenvalue weighted by Crippen LogP contribution is -2.69. The molecule has 0 amide bonds. The fraction of sp³-hybridized carbons (Fsp3) is 1.00. The molecule has 14 bridgehead atoms. The maximum Gasteiger partial charge on any atom is 0.200 e. The largest absolute Gasteiger partial charge is 0.413 e. The number of hydrogen-bond donors (Lipinski definition) is 14. The summed E-state index contributed by atoms with van der Waals surface area (Å²) in [5.74, 6) is 0. The highest BCUT2D eigenvalue weighted by Crippen LogP contribution is 2.53. The lowest BCUT2D eigenvalue weighted by Gasteiger charge is -2.52. The van der Waals surface area contributed by atoms with Crippen LogP contribution in [0, 0.1) is 0 Å². The molecule has 21 saturated heterocycles. The highest BCUT2D eigenvalue weighted by molar-refractivity contribution is 6.80. The van der Waals surface area contributed by atoms with Gasteiger partial charge in [-0.25, -0.2) is 0 Å². The third-order valence-electron chi connectivity index (χ3n) is 36.0. The predicted octanol–water partition coefficient (Wildman–Crippen LogP) is 14.2. The zero-order valence-electron chi connectivity index (χ0n) is 97.6. The molecule has 21 aliphatic heterocycles. The topological polar surface area (TPSA) is 477 Å². The molecule has 0 aromatic heterocycles. The molecule has 14 N–H and O–H groups in total. The van der Waals surface area contributed by atoms with Crippen molar-refractivity contribution in [3.05, 3.63) is 0 Å². The lowest BCUT2D eigenvalue weighted by atomic mass is 9.95. The molecule has 21 aliphatic rings. The van der Waals surface area contributed by atoms with E-state index in [1.165, 1.54) is 0 Å². The van der Waals surface area contributed by atoms with E-state index in [1.54, 1.807) is 0 Å². The lowest BCUT2D eigenvalue weighted by molar-refractivity contribution is -0.396. The number of aliphatic hydroxyl groups is 14. The Labute approximate surface area is 890 Å². The van der Waals surface area contributed by atoms with Gasteiger partial charge in [-0.15, -0.1) is 0 Å². The molecule has 42 heteroatoms. The molecule has 35 unspecified atom stereocenters. The van der Waals surface area contributed by atoms with Crippen LogP contribution in [0.5, 0.6) is 0 Å². The van der Waals surface area contributed by atoms with E-state index in [1.807, 2.05) is 0 Å². The van der Waals surface area contributed by atoms with Crippen molar-refractivity contribution >= 4 is 58.2 Å². The van der Waals surface area contributed by atoms with Crippen molar-refractivity contribution < 1.29 is 169 Å². The third-order valence-corrected chi connectivity index (χ3v) is 78.5. The minimum Gasteiger partial charge on any atom is -0.413 e. The Hall–Kier alpha value is 0.118. The van der Waals surface area contributed by atoms with E-state index in [-0.39, 0.29) is 163 Å². The van der Waals surface area contributed by atoms with Gasteiger partial charge in [0.2, 0.25) is 0 Å². The third kappa shape index (κ3) is 26.9. The molecule has 868 valence electrons. The molecule has 35 nitrogen and oxygen atoms in total. The quantitative estimate of drug-likeness (QED) is 0.0252. The van der Waals surface area contributed by atoms with E-state index >= 15 is 0 Å². The first-order valence-electron chi connectivity index (χ1n) is 56.2. The molecule has 35 atom stereocenters. The van der Waals surface area contributed by atoms with Crippen molar-refractivity contribution in [2.75, 3.05) is 46.2 Å². The molecular formula is C105H210O35Si7. The normalized spacial score (nSPS) is 36.4. The molecule has 0 aromatic rings. The first-order valence-corrected chi connectivity index (χ1v) is 71.1. The fourth-order valence-electron chi connectivity index (χ4n) is 29.4. The molecule has 21 rings (SSSR count). The smallest absolute Gasteiger partial charge is 0.200 e. The molecule has 0 aromatic carbocycles. The van der Waals surface area contributed by atoms with Crippen LogP contribution in [0.1, 0.15) is 291 Å². The summed E-state index contributed by atoms with van der Waals surface area (Å²) in [5.41, 5.74) is -0.710. The summed E-state index contributed by atoms with van der Waals surface area (Å²) in [4.78, 5) is 0. The van der Waals surface area contributed by atoms with Crippen LogP contribution in [-0.4, -0.2) is 391 Å². The molecule has 0 spiro atoms. The molecule has 147 heavy (non-hydrogen) atoms. The van der Waals surface area contributed by atoms with Crippen molar-refractivity contribution in [1.82, 2.24) is 0 Å². The summed E-state index contributed by atoms with van der Waals surface area (Å²) < 4.78 is 149. The molecule has 0 radical (unpaired) electrons. The maximum absolute atomic E-state index is 13.3. The average Bonchev–Trinajstić information content (AvgIpc) is 0.931. The van der Waals surface area contributed by atoms with Gasteiger partial charge in [-0.05, 0) is 116 Å². The number of rotatable bonds is 42. The Balaban J connectivity index is 1.42. The highest BCUT2D eigenvalue weighted by atomic mass is 28.4. The van der Waals surface area contributed by atoms with E-state index in [9.17, 15) is 71.5 Å². The van der Waals surface area contributed by atoms with Gasteiger partial charge in [0, 0.05) is 0 Å². The average molecular weight is 2230 g/mol. The number of ether oxygens (including phenoxy) is 14. The zero-order valence-corrected chi connectivity index (χ0v) is 105. The van der Waals surface area contributed by atoms with Crippen LogP contribution in [0.25, 0.3) is 0 Å². The molecule has 21 fully saturated rings. The summed E-state index contributed by atoms with van der Waals surface area (Å²) in [5, 5.41) is 185. The van der Waals surface area contributed by atoms with Crippen LogP contribution in [0.2, 0.25) is 116 Å². The molecule has 21 heterocycles. The van der Waals surface area contributed by atoms with Gasteiger partial charge in [-0.2, -0.15) is 0 Å². The second-order valence-electron chi connectivity index (χ2n) is 50.8. The van der Waals surface area contributed by atoms with Crippen molar-refractivity contribution in [2.45, 2.75) is 622 Å². The monoisotopic (exact) mass is 2230 g/mol. The van der Waals surface area contributed by atoms with Gasteiger partial charge in [-0.3, -0.25) is 0 Å². The van der Waals surface area contributed by atoms with Gasteiger partial charge >= 0.3 is 0 Å². The van der Waals surface area contributed by atoms with E-state index in [0.29, 0.717) is 0 Å². The van der Waals surface area contributed by atoms with E-state index in [2.05, 4.69) is 291 Å². The van der Waals surface area contributed by atoms with Crippen LogP contribution in [0.4, 0.5) is 0 Å². The molecule has 0 aliphatic carbocycles. The Kier molecular flexibility index (Phi) is 48.8. The SMILES string of the molecule is CC(C)[Si](OCC1OC2OC3C(CO[Si](C(C)C)(C(C)C)C(C)C)OC(OC4C(CO[Si](C(C)C)(C(C)C)C(C)C)OC(OC5C(CO[Si](C(C)C)(C(C)C)C(C)C)OC(OC6C(CO[Si](C(C)C)(C(C)C)C(C)C)OC(OC7C(CO[Si](C(C)C)(C(C)C)C(C)C)OC(OC8C(CO[Si](C(C)C)(C(C)C)C(C)C)OC(OC1C(O)C2O)C(O)C8O)C(O)C7O)C(O)C6O)C(O)C5O)C(O)C4O)C(O)C3O)(C(C)C)C(C)C. The zero-order chi connectivity index (χ0) is 112. The Morgan fingerprint density at radius 2 is 0.204 bits per heavy atom. The van der Waals surface area contributed by atoms with Crippen LogP contribution < -0.4 is 0 Å². The van der Waals surface area contributed by atoms with Crippen molar-refractivity contribution in [2.24, 2.45) is 0 Å². The van der Waals surface area contributed by atoms with Crippen LogP contribution >= 0.6 is 0 Å². The van der Waals surface area contributed by atoms with E-state index in [0.717, 1.165) is 0 Å². The van der Waals surface area contributed by atoms with Gasteiger partial charge < -0.3 is 169 Å². The Morgan fingerprint density at radius 3 is 0.272 bits per heavy atom. The van der Waals surface area contributed by atoms with Crippen molar-refractivity contribution in [1.29, 1.82) is 0 Å². The fourth-order valence-corrected chi connectivity index (χ4v) is 67.6. The van der Waals surface area contributed by atoms with Crippen LogP contribution in [-0.2, 0) is 97.3 Å². The van der Waals surface area contributed by atoms with E-state index < -0.39 is 273 Å². The minimum atomic E-state index is -2.98.